The average molecular weight is 355 g/mol. The summed E-state index contributed by atoms with van der Waals surface area (Å²) in [6, 6.07) is 7.91. The lowest BCUT2D eigenvalue weighted by Gasteiger charge is -2.22. The van der Waals surface area contributed by atoms with E-state index in [1.54, 1.807) is 0 Å². The second-order valence-corrected chi connectivity index (χ2v) is 7.46. The number of carbonyl (C=O) groups is 2. The van der Waals surface area contributed by atoms with Gasteiger partial charge in [0.2, 0.25) is 5.91 Å². The number of hydrogen-bond acceptors (Lipinski definition) is 3. The van der Waals surface area contributed by atoms with Gasteiger partial charge in [-0.25, -0.2) is 0 Å². The highest BCUT2D eigenvalue weighted by molar-refractivity contribution is 6.07. The Morgan fingerprint density at radius 2 is 1.65 bits per heavy atom. The van der Waals surface area contributed by atoms with Crippen LogP contribution in [0.3, 0.4) is 0 Å². The number of rotatable bonds is 6. The smallest absolute Gasteiger partial charge is 0.244 e. The van der Waals surface area contributed by atoms with Gasteiger partial charge in [-0.1, -0.05) is 43.5 Å². The molecule has 1 aromatic rings. The van der Waals surface area contributed by atoms with E-state index in [4.69, 9.17) is 4.74 Å². The van der Waals surface area contributed by atoms with Gasteiger partial charge in [0.1, 0.15) is 0 Å². The molecule has 1 saturated carbocycles. The van der Waals surface area contributed by atoms with Gasteiger partial charge in [-0.2, -0.15) is 0 Å². The van der Waals surface area contributed by atoms with Gasteiger partial charge in [0, 0.05) is 31.4 Å². The van der Waals surface area contributed by atoms with Crippen LogP contribution >= 0.6 is 0 Å². The molecule has 4 heteroatoms. The number of ketones is 1. The van der Waals surface area contributed by atoms with Crippen LogP contribution in [0, 0.1) is 5.92 Å². The van der Waals surface area contributed by atoms with E-state index >= 15 is 0 Å². The third-order valence-corrected chi connectivity index (χ3v) is 5.56. The fourth-order valence-electron chi connectivity index (χ4n) is 3.86. The van der Waals surface area contributed by atoms with Crippen molar-refractivity contribution in [2.24, 2.45) is 5.92 Å². The summed E-state index contributed by atoms with van der Waals surface area (Å²) in [5.74, 6) is 0.786. The first-order chi connectivity index (χ1) is 12.7. The van der Waals surface area contributed by atoms with Gasteiger partial charge in [0.05, 0.1) is 0 Å². The summed E-state index contributed by atoms with van der Waals surface area (Å²) >= 11 is 0. The molecule has 26 heavy (non-hydrogen) atoms. The van der Waals surface area contributed by atoms with Crippen LogP contribution in [0.1, 0.15) is 66.8 Å². The number of amides is 1. The Hall–Kier alpha value is -1.94. The Morgan fingerprint density at radius 1 is 0.962 bits per heavy atom. The van der Waals surface area contributed by atoms with E-state index in [2.05, 4.69) is 17.4 Å². The van der Waals surface area contributed by atoms with E-state index in [-0.39, 0.29) is 11.7 Å². The quantitative estimate of drug-likeness (QED) is 0.619. The summed E-state index contributed by atoms with van der Waals surface area (Å²) in [7, 11) is 0. The number of nitrogens with one attached hydrogen (secondary N) is 1. The van der Waals surface area contributed by atoms with E-state index < -0.39 is 0 Å². The van der Waals surface area contributed by atoms with Crippen molar-refractivity contribution in [3.63, 3.8) is 0 Å². The van der Waals surface area contributed by atoms with E-state index in [1.807, 2.05) is 12.1 Å². The van der Waals surface area contributed by atoms with Crippen molar-refractivity contribution >= 4 is 11.7 Å². The van der Waals surface area contributed by atoms with Gasteiger partial charge >= 0.3 is 0 Å². The van der Waals surface area contributed by atoms with Crippen LogP contribution in [0.25, 0.3) is 0 Å². The molecule has 1 aliphatic carbocycles. The maximum atomic E-state index is 12.3. The van der Waals surface area contributed by atoms with Crippen LogP contribution in [-0.4, -0.2) is 31.4 Å². The van der Waals surface area contributed by atoms with Gasteiger partial charge in [-0.15, -0.1) is 0 Å². The minimum Gasteiger partial charge on any atom is -0.381 e. The first-order valence-corrected chi connectivity index (χ1v) is 9.90. The minimum atomic E-state index is -0.205. The molecular weight excluding hydrogens is 326 g/mol. The molecule has 0 unspecified atom stereocenters. The monoisotopic (exact) mass is 355 g/mol. The van der Waals surface area contributed by atoms with Crippen molar-refractivity contribution < 1.29 is 14.3 Å². The standard InChI is InChI=1S/C22H29NO3/c24-21(10-11-22(25)23-16-17-12-14-26-15-13-17)20-8-6-19(7-9-20)18-4-2-1-3-5-18/h6-11,17-18H,1-5,12-16H2,(H,23,25)/b11-10+. The van der Waals surface area contributed by atoms with Crippen LogP contribution < -0.4 is 5.32 Å². The Morgan fingerprint density at radius 3 is 2.35 bits per heavy atom. The highest BCUT2D eigenvalue weighted by Crippen LogP contribution is 2.32. The van der Waals surface area contributed by atoms with Crippen molar-refractivity contribution in [3.05, 3.63) is 47.5 Å². The molecule has 2 fully saturated rings. The number of allylic oxidation sites excluding steroid dienone is 1. The molecule has 3 rings (SSSR count). The van der Waals surface area contributed by atoms with Crippen LogP contribution in [0.5, 0.6) is 0 Å². The van der Waals surface area contributed by atoms with Gasteiger partial charge in [0.15, 0.2) is 5.78 Å². The summed E-state index contributed by atoms with van der Waals surface area (Å²) in [5.41, 5.74) is 1.97. The average Bonchev–Trinajstić information content (AvgIpc) is 2.72. The van der Waals surface area contributed by atoms with Crippen LogP contribution in [0.15, 0.2) is 36.4 Å². The van der Waals surface area contributed by atoms with Crippen molar-refractivity contribution in [2.75, 3.05) is 19.8 Å². The second kappa shape index (κ2) is 9.67. The van der Waals surface area contributed by atoms with Crippen molar-refractivity contribution in [2.45, 2.75) is 50.9 Å². The Kier molecular flexibility index (Phi) is 7.01. The van der Waals surface area contributed by atoms with E-state index in [1.165, 1.54) is 49.8 Å². The van der Waals surface area contributed by atoms with Crippen molar-refractivity contribution in [3.8, 4) is 0 Å². The largest absolute Gasteiger partial charge is 0.381 e. The summed E-state index contributed by atoms with van der Waals surface area (Å²) in [6.45, 7) is 2.19. The molecule has 0 aromatic heterocycles. The molecule has 1 saturated heterocycles. The molecule has 140 valence electrons. The van der Waals surface area contributed by atoms with Crippen molar-refractivity contribution in [1.29, 1.82) is 0 Å². The molecule has 0 bridgehead atoms. The third kappa shape index (κ3) is 5.53. The lowest BCUT2D eigenvalue weighted by molar-refractivity contribution is -0.116. The zero-order valence-electron chi connectivity index (χ0n) is 15.4. The fraction of sp³-hybridized carbons (Fsp3) is 0.545. The van der Waals surface area contributed by atoms with Gasteiger partial charge < -0.3 is 10.1 Å². The van der Waals surface area contributed by atoms with Gasteiger partial charge in [0.25, 0.3) is 0 Å². The fourth-order valence-corrected chi connectivity index (χ4v) is 3.86. The zero-order chi connectivity index (χ0) is 18.2. The van der Waals surface area contributed by atoms with Gasteiger partial charge in [-0.05, 0) is 49.2 Å². The topological polar surface area (TPSA) is 55.4 Å². The predicted octanol–water partition coefficient (Wildman–Crippen LogP) is 4.02. The SMILES string of the molecule is O=C(/C=C/C(=O)c1ccc(C2CCCCC2)cc1)NCC1CCOCC1. The van der Waals surface area contributed by atoms with E-state index in [0.29, 0.717) is 23.9 Å². The molecule has 1 aromatic carbocycles. The summed E-state index contributed by atoms with van der Waals surface area (Å²) in [4.78, 5) is 24.2. The molecule has 1 heterocycles. The molecule has 1 amide bonds. The van der Waals surface area contributed by atoms with E-state index in [0.717, 1.165) is 26.1 Å². The second-order valence-electron chi connectivity index (χ2n) is 7.46. The van der Waals surface area contributed by atoms with Gasteiger partial charge in [-0.3, -0.25) is 9.59 Å². The van der Waals surface area contributed by atoms with Crippen LogP contribution in [0.2, 0.25) is 0 Å². The maximum absolute atomic E-state index is 12.3. The summed E-state index contributed by atoms with van der Waals surface area (Å²) in [6.07, 6.45) is 11.1. The lowest BCUT2D eigenvalue weighted by atomic mass is 9.84. The predicted molar refractivity (Wildman–Crippen MR) is 102 cm³/mol. The van der Waals surface area contributed by atoms with E-state index in [9.17, 15) is 9.59 Å². The lowest BCUT2D eigenvalue weighted by Crippen LogP contribution is -2.31. The summed E-state index contributed by atoms with van der Waals surface area (Å²) in [5, 5.41) is 2.88. The highest BCUT2D eigenvalue weighted by Gasteiger charge is 2.16. The zero-order valence-corrected chi connectivity index (χ0v) is 15.4. The molecule has 4 nitrogen and oxygen atoms in total. The molecule has 0 radical (unpaired) electrons. The normalized spacial score (nSPS) is 19.5. The Bertz CT molecular complexity index is 623. The van der Waals surface area contributed by atoms with Crippen molar-refractivity contribution in [1.82, 2.24) is 5.32 Å². The first kappa shape index (κ1) is 18.8. The molecule has 0 atom stereocenters. The van der Waals surface area contributed by atoms with Crippen LogP contribution in [-0.2, 0) is 9.53 Å². The number of ether oxygens (including phenoxy) is 1. The van der Waals surface area contributed by atoms with Crippen LogP contribution in [0.4, 0.5) is 0 Å². The number of carbonyl (C=O) groups excluding carboxylic acids is 2. The molecule has 2 aliphatic rings. The Labute approximate surface area is 156 Å². The molecular formula is C22H29NO3. The summed E-state index contributed by atoms with van der Waals surface area (Å²) < 4.78 is 5.31. The minimum absolute atomic E-state index is 0.124. The number of benzene rings is 1. The molecule has 1 aliphatic heterocycles. The highest BCUT2D eigenvalue weighted by atomic mass is 16.5. The third-order valence-electron chi connectivity index (χ3n) is 5.56. The molecule has 1 N–H and O–H groups in total. The molecule has 0 spiro atoms. The maximum Gasteiger partial charge on any atom is 0.244 e. The number of hydrogen-bond donors (Lipinski definition) is 1. The Balaban J connectivity index is 1.47. The first-order valence-electron chi connectivity index (χ1n) is 9.90.